The molecule has 2 aromatic rings. The summed E-state index contributed by atoms with van der Waals surface area (Å²) in [6, 6.07) is 12.1. The molecule has 7 nitrogen and oxygen atoms in total. The lowest BCUT2D eigenvalue weighted by atomic mass is 10.1. The fourth-order valence-corrected chi connectivity index (χ4v) is 2.43. The molecule has 0 unspecified atom stereocenters. The van der Waals surface area contributed by atoms with Crippen LogP contribution in [0.5, 0.6) is 0 Å². The minimum absolute atomic E-state index is 0.104. The standard InChI is InChI=1S/C8H5NO3.C8H8O3S/c10-7-5-3-1-2-4-6(5)8(11)9(7)12;1-2-7-3-5-8(6-4-7)12(9,10)11/h1-4,12H;2-6H,1H2,(H,9,10,11). The lowest BCUT2D eigenvalue weighted by Crippen LogP contribution is -2.25. The Bertz CT molecular complexity index is 867. The summed E-state index contributed by atoms with van der Waals surface area (Å²) < 4.78 is 29.7. The summed E-state index contributed by atoms with van der Waals surface area (Å²) in [4.78, 5) is 22.0. The summed E-state index contributed by atoms with van der Waals surface area (Å²) >= 11 is 0. The van der Waals surface area contributed by atoms with Gasteiger partial charge in [0.1, 0.15) is 0 Å². The molecule has 0 radical (unpaired) electrons. The molecule has 3 rings (SSSR count). The fraction of sp³-hybridized carbons (Fsp3) is 0. The summed E-state index contributed by atoms with van der Waals surface area (Å²) in [6.45, 7) is 3.51. The van der Waals surface area contributed by atoms with E-state index in [9.17, 15) is 18.0 Å². The Hall–Kier alpha value is -2.81. The molecule has 0 aliphatic carbocycles. The molecule has 0 aromatic heterocycles. The Morgan fingerprint density at radius 2 is 1.38 bits per heavy atom. The molecule has 1 aliphatic rings. The number of carbonyl (C=O) groups is 2. The first-order valence-corrected chi connectivity index (χ1v) is 8.06. The molecule has 0 saturated heterocycles. The van der Waals surface area contributed by atoms with Crippen LogP contribution in [0.2, 0.25) is 0 Å². The van der Waals surface area contributed by atoms with Gasteiger partial charge >= 0.3 is 0 Å². The molecule has 0 fully saturated rings. The van der Waals surface area contributed by atoms with Gasteiger partial charge in [0.2, 0.25) is 0 Å². The van der Waals surface area contributed by atoms with Crippen molar-refractivity contribution in [1.29, 1.82) is 0 Å². The average molecular weight is 347 g/mol. The first kappa shape index (κ1) is 17.5. The first-order chi connectivity index (χ1) is 11.3. The predicted octanol–water partition coefficient (Wildman–Crippen LogP) is 2.25. The van der Waals surface area contributed by atoms with Crippen LogP contribution in [0.15, 0.2) is 60.0 Å². The van der Waals surface area contributed by atoms with Gasteiger partial charge in [-0.15, -0.1) is 5.06 Å². The van der Waals surface area contributed by atoms with Gasteiger partial charge in [-0.1, -0.05) is 36.9 Å². The third kappa shape index (κ3) is 3.57. The lowest BCUT2D eigenvalue weighted by Gasteiger charge is -1.99. The maximum atomic E-state index is 11.1. The second kappa shape index (κ2) is 6.75. The van der Waals surface area contributed by atoms with Crippen molar-refractivity contribution in [1.82, 2.24) is 5.06 Å². The van der Waals surface area contributed by atoms with Crippen LogP contribution in [0.25, 0.3) is 6.08 Å². The predicted molar refractivity (Wildman–Crippen MR) is 85.1 cm³/mol. The Balaban J connectivity index is 0.000000174. The van der Waals surface area contributed by atoms with Crippen molar-refractivity contribution in [2.75, 3.05) is 0 Å². The molecule has 2 N–H and O–H groups in total. The highest BCUT2D eigenvalue weighted by atomic mass is 32.2. The first-order valence-electron chi connectivity index (χ1n) is 6.62. The number of fused-ring (bicyclic) bond motifs is 1. The molecule has 1 heterocycles. The van der Waals surface area contributed by atoms with Gasteiger partial charge in [-0.3, -0.25) is 19.3 Å². The van der Waals surface area contributed by atoms with Crippen LogP contribution < -0.4 is 0 Å². The summed E-state index contributed by atoms with van der Waals surface area (Å²) in [7, 11) is -4.06. The van der Waals surface area contributed by atoms with Gasteiger partial charge in [-0.25, -0.2) is 0 Å². The molecule has 24 heavy (non-hydrogen) atoms. The second-order valence-electron chi connectivity index (χ2n) is 4.72. The Morgan fingerprint density at radius 1 is 0.917 bits per heavy atom. The molecule has 8 heteroatoms. The number of imide groups is 1. The molecule has 2 aromatic carbocycles. The number of amides is 2. The smallest absolute Gasteiger partial charge is 0.282 e. The van der Waals surface area contributed by atoms with Gasteiger partial charge in [0, 0.05) is 0 Å². The SMILES string of the molecule is C=Cc1ccc(S(=O)(=O)O)cc1.O=C1c2ccccc2C(=O)N1O. The highest BCUT2D eigenvalue weighted by molar-refractivity contribution is 7.85. The van der Waals surface area contributed by atoms with E-state index in [1.54, 1.807) is 30.3 Å². The quantitative estimate of drug-likeness (QED) is 0.489. The Morgan fingerprint density at radius 3 is 1.75 bits per heavy atom. The van der Waals surface area contributed by atoms with E-state index in [2.05, 4.69) is 6.58 Å². The molecule has 0 bridgehead atoms. The van der Waals surface area contributed by atoms with E-state index in [4.69, 9.17) is 9.76 Å². The van der Waals surface area contributed by atoms with E-state index in [1.807, 2.05) is 0 Å². The van der Waals surface area contributed by atoms with Gasteiger partial charge in [0.15, 0.2) is 0 Å². The highest BCUT2D eigenvalue weighted by Gasteiger charge is 2.33. The molecule has 0 atom stereocenters. The van der Waals surface area contributed by atoms with Gasteiger partial charge in [0.05, 0.1) is 16.0 Å². The Labute approximate surface area is 138 Å². The maximum absolute atomic E-state index is 11.1. The maximum Gasteiger partial charge on any atom is 0.294 e. The fourth-order valence-electron chi connectivity index (χ4n) is 1.95. The number of carbonyl (C=O) groups excluding carboxylic acids is 2. The zero-order valence-electron chi connectivity index (χ0n) is 12.3. The van der Waals surface area contributed by atoms with Crippen molar-refractivity contribution in [2.24, 2.45) is 0 Å². The minimum Gasteiger partial charge on any atom is -0.282 e. The van der Waals surface area contributed by atoms with Crippen molar-refractivity contribution in [3.05, 3.63) is 71.8 Å². The Kier molecular flexibility index (Phi) is 4.93. The normalized spacial score (nSPS) is 13.2. The van der Waals surface area contributed by atoms with Crippen LogP contribution in [0, 0.1) is 0 Å². The average Bonchev–Trinajstić information content (AvgIpc) is 2.80. The molecular formula is C16H13NO6S. The topological polar surface area (TPSA) is 112 Å². The van der Waals surface area contributed by atoms with Crippen LogP contribution in [-0.2, 0) is 10.1 Å². The van der Waals surface area contributed by atoms with E-state index >= 15 is 0 Å². The minimum atomic E-state index is -4.06. The summed E-state index contributed by atoms with van der Waals surface area (Å²) in [5.41, 5.74) is 1.32. The molecule has 0 spiro atoms. The molecule has 1 aliphatic heterocycles. The van der Waals surface area contributed by atoms with Crippen LogP contribution in [0.4, 0.5) is 0 Å². The van der Waals surface area contributed by atoms with Gasteiger partial charge in [-0.05, 0) is 29.8 Å². The largest absolute Gasteiger partial charge is 0.294 e. The number of nitrogens with zero attached hydrogens (tertiary/aromatic N) is 1. The number of rotatable bonds is 2. The van der Waals surface area contributed by atoms with Crippen molar-refractivity contribution in [2.45, 2.75) is 4.90 Å². The third-order valence-electron chi connectivity index (χ3n) is 3.19. The third-order valence-corrected chi connectivity index (χ3v) is 4.05. The molecule has 2 amide bonds. The van der Waals surface area contributed by atoms with E-state index < -0.39 is 21.9 Å². The van der Waals surface area contributed by atoms with Gasteiger partial charge < -0.3 is 0 Å². The molecule has 124 valence electrons. The van der Waals surface area contributed by atoms with Crippen molar-refractivity contribution < 1.29 is 27.8 Å². The highest BCUT2D eigenvalue weighted by Crippen LogP contribution is 2.20. The van der Waals surface area contributed by atoms with Crippen LogP contribution in [-0.4, -0.2) is 35.1 Å². The zero-order chi connectivity index (χ0) is 17.9. The second-order valence-corrected chi connectivity index (χ2v) is 6.14. The van der Waals surface area contributed by atoms with Crippen LogP contribution in [0.3, 0.4) is 0 Å². The number of benzene rings is 2. The lowest BCUT2D eigenvalue weighted by molar-refractivity contribution is -0.0327. The summed E-state index contributed by atoms with van der Waals surface area (Å²) in [6.07, 6.45) is 1.59. The molecule has 0 saturated carbocycles. The van der Waals surface area contributed by atoms with E-state index in [0.29, 0.717) is 0 Å². The van der Waals surface area contributed by atoms with E-state index in [-0.39, 0.29) is 21.1 Å². The van der Waals surface area contributed by atoms with Gasteiger partial charge in [-0.2, -0.15) is 8.42 Å². The van der Waals surface area contributed by atoms with Crippen molar-refractivity contribution >= 4 is 28.0 Å². The monoisotopic (exact) mass is 347 g/mol. The van der Waals surface area contributed by atoms with E-state index in [0.717, 1.165) is 5.56 Å². The number of hydrogen-bond donors (Lipinski definition) is 2. The van der Waals surface area contributed by atoms with Crippen molar-refractivity contribution in [3.63, 3.8) is 0 Å². The van der Waals surface area contributed by atoms with Gasteiger partial charge in [0.25, 0.3) is 21.9 Å². The number of hydroxylamine groups is 2. The van der Waals surface area contributed by atoms with Crippen LogP contribution >= 0.6 is 0 Å². The summed E-state index contributed by atoms with van der Waals surface area (Å²) in [5, 5.41) is 9.05. The number of hydrogen-bond acceptors (Lipinski definition) is 5. The summed E-state index contributed by atoms with van der Waals surface area (Å²) in [5.74, 6) is -1.31. The van der Waals surface area contributed by atoms with E-state index in [1.165, 1.54) is 24.3 Å². The zero-order valence-corrected chi connectivity index (χ0v) is 13.1. The molecular weight excluding hydrogens is 334 g/mol. The van der Waals surface area contributed by atoms with Crippen molar-refractivity contribution in [3.8, 4) is 0 Å². The van der Waals surface area contributed by atoms with Crippen LogP contribution in [0.1, 0.15) is 26.3 Å².